The number of para-hydroxylation sites is 1. The minimum atomic E-state index is -0.628. The molecule has 2 aliphatic rings. The molecule has 6 heteroatoms. The number of hydrogen-bond donors (Lipinski definition) is 1. The van der Waals surface area contributed by atoms with Gasteiger partial charge in [0.05, 0.1) is 11.2 Å². The molecule has 1 unspecified atom stereocenters. The number of aromatic nitrogens is 1. The molecule has 136 valence electrons. The summed E-state index contributed by atoms with van der Waals surface area (Å²) in [6.45, 7) is 3.97. The van der Waals surface area contributed by atoms with E-state index in [0.717, 1.165) is 22.2 Å². The number of benzene rings is 2. The molecule has 1 N–H and O–H groups in total. The number of imide groups is 1. The molecule has 3 amide bonds. The van der Waals surface area contributed by atoms with Gasteiger partial charge < -0.3 is 9.88 Å². The van der Waals surface area contributed by atoms with Crippen LogP contribution in [0.25, 0.3) is 10.9 Å². The maximum Gasteiger partial charge on any atom is 0.332 e. The van der Waals surface area contributed by atoms with E-state index in [4.69, 9.17) is 11.6 Å². The first kappa shape index (κ1) is 16.4. The molecule has 5 nitrogen and oxygen atoms in total. The first-order valence-electron chi connectivity index (χ1n) is 8.92. The second-order valence-electron chi connectivity index (χ2n) is 7.61. The number of aromatic amines is 1. The molecule has 0 radical (unpaired) electrons. The Morgan fingerprint density at radius 3 is 2.67 bits per heavy atom. The van der Waals surface area contributed by atoms with Gasteiger partial charge in [-0.25, -0.2) is 9.69 Å². The van der Waals surface area contributed by atoms with Crippen LogP contribution in [0.2, 0.25) is 5.02 Å². The van der Waals surface area contributed by atoms with Crippen molar-refractivity contribution in [2.45, 2.75) is 31.8 Å². The Morgan fingerprint density at radius 1 is 1.11 bits per heavy atom. The quantitative estimate of drug-likeness (QED) is 0.635. The van der Waals surface area contributed by atoms with Crippen LogP contribution in [0, 0.1) is 0 Å². The van der Waals surface area contributed by atoms with Crippen LogP contribution in [0.5, 0.6) is 0 Å². The average Bonchev–Trinajstić information content (AvgIpc) is 3.12. The van der Waals surface area contributed by atoms with E-state index >= 15 is 0 Å². The van der Waals surface area contributed by atoms with Gasteiger partial charge in [0.15, 0.2) is 0 Å². The van der Waals surface area contributed by atoms with E-state index in [1.165, 1.54) is 4.90 Å². The topological polar surface area (TPSA) is 56.4 Å². The second kappa shape index (κ2) is 5.36. The van der Waals surface area contributed by atoms with E-state index in [1.54, 1.807) is 29.2 Å². The highest BCUT2D eigenvalue weighted by molar-refractivity contribution is 6.31. The highest BCUT2D eigenvalue weighted by Crippen LogP contribution is 2.45. The predicted molar refractivity (Wildman–Crippen MR) is 105 cm³/mol. The molecule has 0 spiro atoms. The number of carbonyl (C=O) groups is 2. The smallest absolute Gasteiger partial charge is 0.332 e. The Morgan fingerprint density at radius 2 is 1.89 bits per heavy atom. The summed E-state index contributed by atoms with van der Waals surface area (Å²) in [5.74, 6) is -0.203. The summed E-state index contributed by atoms with van der Waals surface area (Å²) in [7, 11) is 0. The summed E-state index contributed by atoms with van der Waals surface area (Å²) < 4.78 is 0. The lowest BCUT2D eigenvalue weighted by molar-refractivity contribution is -0.121. The Bertz CT molecular complexity index is 1120. The van der Waals surface area contributed by atoms with Crippen molar-refractivity contribution in [1.29, 1.82) is 0 Å². The predicted octanol–water partition coefficient (Wildman–Crippen LogP) is 4.45. The number of halogens is 1. The number of carbonyl (C=O) groups excluding carboxylic acids is 2. The third kappa shape index (κ3) is 2.12. The van der Waals surface area contributed by atoms with E-state index < -0.39 is 11.6 Å². The lowest BCUT2D eigenvalue weighted by Crippen LogP contribution is -2.52. The zero-order valence-corrected chi connectivity index (χ0v) is 15.7. The van der Waals surface area contributed by atoms with Crippen LogP contribution in [0.4, 0.5) is 10.5 Å². The summed E-state index contributed by atoms with van der Waals surface area (Å²) in [4.78, 5) is 32.9. The monoisotopic (exact) mass is 379 g/mol. The fourth-order valence-corrected chi connectivity index (χ4v) is 4.69. The highest BCUT2D eigenvalue weighted by atomic mass is 35.5. The number of anilines is 1. The van der Waals surface area contributed by atoms with Crippen molar-refractivity contribution in [3.8, 4) is 0 Å². The van der Waals surface area contributed by atoms with Crippen molar-refractivity contribution in [3.63, 3.8) is 0 Å². The number of nitrogens with zero attached hydrogens (tertiary/aromatic N) is 2. The number of hydrogen-bond acceptors (Lipinski definition) is 2. The zero-order chi connectivity index (χ0) is 18.9. The van der Waals surface area contributed by atoms with E-state index in [0.29, 0.717) is 17.1 Å². The van der Waals surface area contributed by atoms with Gasteiger partial charge in [-0.05, 0) is 43.7 Å². The molecule has 5 rings (SSSR count). The van der Waals surface area contributed by atoms with Gasteiger partial charge in [0.1, 0.15) is 6.04 Å². The van der Waals surface area contributed by atoms with E-state index in [9.17, 15) is 9.59 Å². The summed E-state index contributed by atoms with van der Waals surface area (Å²) >= 11 is 6.08. The average molecular weight is 380 g/mol. The SMILES string of the molecule is CC1(C)c2[nH]c3ccccc3c2CC2C(=O)N(c3cccc(Cl)c3)C(=O)N21. The Hall–Kier alpha value is -2.79. The number of H-pyrrole nitrogens is 1. The van der Waals surface area contributed by atoms with Crippen LogP contribution in [0.15, 0.2) is 48.5 Å². The summed E-state index contributed by atoms with van der Waals surface area (Å²) in [6, 6.07) is 14.1. The molecule has 2 aromatic carbocycles. The first-order valence-corrected chi connectivity index (χ1v) is 9.30. The van der Waals surface area contributed by atoms with Crippen molar-refractivity contribution >= 4 is 40.1 Å². The third-order valence-electron chi connectivity index (χ3n) is 5.71. The number of amides is 3. The molecule has 1 saturated heterocycles. The molecule has 1 atom stereocenters. The van der Waals surface area contributed by atoms with Crippen LogP contribution < -0.4 is 4.90 Å². The lowest BCUT2D eigenvalue weighted by atomic mass is 9.85. The lowest BCUT2D eigenvalue weighted by Gasteiger charge is -2.42. The molecule has 1 fully saturated rings. The minimum absolute atomic E-state index is 0.203. The molecular weight excluding hydrogens is 362 g/mol. The summed E-state index contributed by atoms with van der Waals surface area (Å²) in [5, 5.41) is 1.61. The van der Waals surface area contributed by atoms with E-state index in [1.807, 2.05) is 32.0 Å². The van der Waals surface area contributed by atoms with E-state index in [-0.39, 0.29) is 11.9 Å². The highest BCUT2D eigenvalue weighted by Gasteiger charge is 2.55. The van der Waals surface area contributed by atoms with Crippen LogP contribution in [-0.4, -0.2) is 27.9 Å². The molecule has 3 heterocycles. The van der Waals surface area contributed by atoms with Crippen molar-refractivity contribution in [2.75, 3.05) is 4.90 Å². The zero-order valence-electron chi connectivity index (χ0n) is 15.0. The summed E-state index contributed by atoms with van der Waals surface area (Å²) in [5.41, 5.74) is 3.02. The number of urea groups is 1. The van der Waals surface area contributed by atoms with Gasteiger partial charge in [0, 0.05) is 28.0 Å². The normalized spacial score (nSPS) is 20.9. The molecule has 3 aromatic rings. The molecule has 2 aliphatic heterocycles. The van der Waals surface area contributed by atoms with Crippen LogP contribution in [-0.2, 0) is 16.8 Å². The van der Waals surface area contributed by atoms with Gasteiger partial charge in [-0.1, -0.05) is 35.9 Å². The number of nitrogens with one attached hydrogen (secondary N) is 1. The second-order valence-corrected chi connectivity index (χ2v) is 8.05. The van der Waals surface area contributed by atoms with Gasteiger partial charge in [0.25, 0.3) is 5.91 Å². The number of fused-ring (bicyclic) bond motifs is 4. The van der Waals surface area contributed by atoms with Crippen LogP contribution in [0.1, 0.15) is 25.1 Å². The van der Waals surface area contributed by atoms with Gasteiger partial charge in [-0.3, -0.25) is 4.79 Å². The minimum Gasteiger partial charge on any atom is -0.356 e. The fraction of sp³-hybridized carbons (Fsp3) is 0.238. The van der Waals surface area contributed by atoms with E-state index in [2.05, 4.69) is 11.1 Å². The van der Waals surface area contributed by atoms with Gasteiger partial charge in [-0.2, -0.15) is 0 Å². The summed E-state index contributed by atoms with van der Waals surface area (Å²) in [6.07, 6.45) is 0.504. The van der Waals surface area contributed by atoms with Crippen molar-refractivity contribution < 1.29 is 9.59 Å². The number of rotatable bonds is 1. The van der Waals surface area contributed by atoms with Gasteiger partial charge in [-0.15, -0.1) is 0 Å². The van der Waals surface area contributed by atoms with Crippen molar-refractivity contribution in [1.82, 2.24) is 9.88 Å². The molecule has 1 aromatic heterocycles. The first-order chi connectivity index (χ1) is 12.9. The van der Waals surface area contributed by atoms with Crippen LogP contribution in [0.3, 0.4) is 0 Å². The standard InChI is InChI=1S/C21H18ClN3O2/c1-21(2)18-15(14-8-3-4-9-16(14)23-18)11-17-19(26)24(20(27)25(17)21)13-7-5-6-12(22)10-13/h3-10,17,23H,11H2,1-2H3. The molecule has 0 aliphatic carbocycles. The Labute approximate surface area is 161 Å². The largest absolute Gasteiger partial charge is 0.356 e. The maximum absolute atomic E-state index is 13.3. The molecule has 27 heavy (non-hydrogen) atoms. The maximum atomic E-state index is 13.3. The Balaban J connectivity index is 1.66. The molecule has 0 bridgehead atoms. The molecule has 0 saturated carbocycles. The fourth-order valence-electron chi connectivity index (χ4n) is 4.50. The van der Waals surface area contributed by atoms with Crippen molar-refractivity contribution in [3.05, 3.63) is 64.8 Å². The van der Waals surface area contributed by atoms with Crippen LogP contribution >= 0.6 is 11.6 Å². The van der Waals surface area contributed by atoms with Crippen molar-refractivity contribution in [2.24, 2.45) is 0 Å². The van der Waals surface area contributed by atoms with Gasteiger partial charge >= 0.3 is 6.03 Å². The third-order valence-corrected chi connectivity index (χ3v) is 5.94. The Kier molecular flexibility index (Phi) is 3.25. The van der Waals surface area contributed by atoms with Gasteiger partial charge in [0.2, 0.25) is 0 Å². The molecular formula is C21H18ClN3O2.